The molecule has 1 aromatic rings. The normalized spacial score (nSPS) is 20.6. The van der Waals surface area contributed by atoms with Crippen molar-refractivity contribution in [3.63, 3.8) is 0 Å². The zero-order valence-electron chi connectivity index (χ0n) is 11.0. The molecule has 1 unspecified atom stereocenters. The van der Waals surface area contributed by atoms with Crippen LogP contribution in [-0.4, -0.2) is 16.7 Å². The summed E-state index contributed by atoms with van der Waals surface area (Å²) in [5.41, 5.74) is 2.50. The van der Waals surface area contributed by atoms with Crippen molar-refractivity contribution < 1.29 is 13.2 Å². The van der Waals surface area contributed by atoms with Crippen molar-refractivity contribution >= 4 is 22.9 Å². The third kappa shape index (κ3) is 2.20. The summed E-state index contributed by atoms with van der Waals surface area (Å²) in [6, 6.07) is 5.82. The van der Waals surface area contributed by atoms with Gasteiger partial charge in [-0.1, -0.05) is 39.0 Å². The van der Waals surface area contributed by atoms with Gasteiger partial charge < -0.3 is 0 Å². The SMILES string of the molecule is Cc1cccc(C(C)(C)C)c1N1C(=O)COS1=O. The maximum Gasteiger partial charge on any atom is 0.272 e. The minimum atomic E-state index is -1.71. The quantitative estimate of drug-likeness (QED) is 0.784. The lowest BCUT2D eigenvalue weighted by molar-refractivity contribution is -0.117. The smallest absolute Gasteiger partial charge is 0.271 e. The fraction of sp³-hybridized carbons (Fsp3) is 0.462. The van der Waals surface area contributed by atoms with Crippen LogP contribution in [0.15, 0.2) is 18.2 Å². The molecule has 0 radical (unpaired) electrons. The van der Waals surface area contributed by atoms with Gasteiger partial charge in [0.15, 0.2) is 0 Å². The van der Waals surface area contributed by atoms with Crippen LogP contribution in [0.25, 0.3) is 0 Å². The highest BCUT2D eigenvalue weighted by Crippen LogP contribution is 2.36. The second kappa shape index (κ2) is 4.48. The average molecular weight is 267 g/mol. The van der Waals surface area contributed by atoms with Gasteiger partial charge in [-0.3, -0.25) is 8.98 Å². The van der Waals surface area contributed by atoms with Crippen molar-refractivity contribution in [2.75, 3.05) is 10.9 Å². The number of hydrogen-bond acceptors (Lipinski definition) is 3. The van der Waals surface area contributed by atoms with Gasteiger partial charge in [-0.2, -0.15) is 0 Å². The van der Waals surface area contributed by atoms with E-state index in [0.29, 0.717) is 5.69 Å². The van der Waals surface area contributed by atoms with Gasteiger partial charge in [-0.15, -0.1) is 0 Å². The molecule has 1 amide bonds. The van der Waals surface area contributed by atoms with E-state index in [1.54, 1.807) is 0 Å². The lowest BCUT2D eigenvalue weighted by atomic mass is 9.84. The van der Waals surface area contributed by atoms with Crippen LogP contribution in [-0.2, 0) is 25.7 Å². The van der Waals surface area contributed by atoms with Crippen molar-refractivity contribution in [1.82, 2.24) is 0 Å². The summed E-state index contributed by atoms with van der Waals surface area (Å²) in [5, 5.41) is 0. The summed E-state index contributed by atoms with van der Waals surface area (Å²) >= 11 is -1.71. The Morgan fingerprint density at radius 1 is 1.33 bits per heavy atom. The molecule has 4 nitrogen and oxygen atoms in total. The van der Waals surface area contributed by atoms with E-state index in [1.807, 2.05) is 25.1 Å². The van der Waals surface area contributed by atoms with Crippen molar-refractivity contribution in [3.05, 3.63) is 29.3 Å². The number of para-hydroxylation sites is 1. The fourth-order valence-electron chi connectivity index (χ4n) is 2.03. The first-order valence-electron chi connectivity index (χ1n) is 5.80. The average Bonchev–Trinajstić information content (AvgIpc) is 2.58. The van der Waals surface area contributed by atoms with Crippen LogP contribution in [0.4, 0.5) is 5.69 Å². The Balaban J connectivity index is 2.63. The lowest BCUT2D eigenvalue weighted by Crippen LogP contribution is -2.29. The Labute approximate surface area is 110 Å². The maximum atomic E-state index is 11.8. The van der Waals surface area contributed by atoms with E-state index < -0.39 is 11.3 Å². The molecule has 18 heavy (non-hydrogen) atoms. The molecule has 0 saturated carbocycles. The van der Waals surface area contributed by atoms with E-state index >= 15 is 0 Å². The molecule has 0 aromatic heterocycles. The molecule has 0 aliphatic carbocycles. The van der Waals surface area contributed by atoms with Crippen molar-refractivity contribution in [2.24, 2.45) is 0 Å². The van der Waals surface area contributed by atoms with Gasteiger partial charge in [0, 0.05) is 0 Å². The number of aryl methyl sites for hydroxylation is 1. The molecule has 1 aliphatic heterocycles. The molecule has 1 atom stereocenters. The van der Waals surface area contributed by atoms with Crippen LogP contribution in [0.1, 0.15) is 31.9 Å². The predicted molar refractivity (Wildman–Crippen MR) is 71.5 cm³/mol. The number of benzene rings is 1. The first kappa shape index (κ1) is 13.2. The van der Waals surface area contributed by atoms with Gasteiger partial charge in [-0.05, 0) is 23.5 Å². The lowest BCUT2D eigenvalue weighted by Gasteiger charge is -2.27. The molecular formula is C13H17NO3S. The number of anilines is 1. The molecule has 0 bridgehead atoms. The highest BCUT2D eigenvalue weighted by atomic mass is 32.2. The summed E-state index contributed by atoms with van der Waals surface area (Å²) in [6.07, 6.45) is 0. The fourth-order valence-corrected chi connectivity index (χ4v) is 2.95. The number of carbonyl (C=O) groups is 1. The largest absolute Gasteiger partial charge is 0.272 e. The number of hydrogen-bond donors (Lipinski definition) is 0. The van der Waals surface area contributed by atoms with E-state index in [2.05, 4.69) is 20.8 Å². The van der Waals surface area contributed by atoms with Crippen LogP contribution < -0.4 is 4.31 Å². The van der Waals surface area contributed by atoms with Crippen molar-refractivity contribution in [3.8, 4) is 0 Å². The molecule has 98 valence electrons. The summed E-state index contributed by atoms with van der Waals surface area (Å²) in [5.74, 6) is -0.256. The Morgan fingerprint density at radius 3 is 2.50 bits per heavy atom. The topological polar surface area (TPSA) is 46.6 Å². The first-order valence-corrected chi connectivity index (χ1v) is 6.84. The van der Waals surface area contributed by atoms with E-state index in [0.717, 1.165) is 11.1 Å². The van der Waals surface area contributed by atoms with E-state index in [-0.39, 0.29) is 17.9 Å². The maximum absolute atomic E-state index is 11.8. The van der Waals surface area contributed by atoms with Crippen LogP contribution in [0.3, 0.4) is 0 Å². The Morgan fingerprint density at radius 2 is 2.00 bits per heavy atom. The van der Waals surface area contributed by atoms with Crippen molar-refractivity contribution in [2.45, 2.75) is 33.1 Å². The monoisotopic (exact) mass is 267 g/mol. The second-order valence-electron chi connectivity index (χ2n) is 5.39. The molecular weight excluding hydrogens is 250 g/mol. The number of carbonyl (C=O) groups excluding carboxylic acids is 1. The van der Waals surface area contributed by atoms with Crippen molar-refractivity contribution in [1.29, 1.82) is 0 Å². The van der Waals surface area contributed by atoms with E-state index in [1.165, 1.54) is 4.31 Å². The summed E-state index contributed by atoms with van der Waals surface area (Å²) in [6.45, 7) is 7.98. The van der Waals surface area contributed by atoms with Gasteiger partial charge >= 0.3 is 0 Å². The minimum absolute atomic E-state index is 0.121. The molecule has 0 N–H and O–H groups in total. The van der Waals surface area contributed by atoms with Gasteiger partial charge in [0.2, 0.25) is 0 Å². The third-order valence-corrected chi connectivity index (χ3v) is 3.91. The molecule has 5 heteroatoms. The second-order valence-corrected chi connectivity index (χ2v) is 6.42. The summed E-state index contributed by atoms with van der Waals surface area (Å²) in [4.78, 5) is 11.8. The Hall–Kier alpha value is -1.20. The van der Waals surface area contributed by atoms with Gasteiger partial charge in [-0.25, -0.2) is 8.51 Å². The highest BCUT2D eigenvalue weighted by molar-refractivity contribution is 7.83. The van der Waals surface area contributed by atoms with Gasteiger partial charge in [0.05, 0.1) is 5.69 Å². The van der Waals surface area contributed by atoms with Crippen LogP contribution in [0, 0.1) is 6.92 Å². The Bertz CT molecular complexity index is 503. The molecule has 2 rings (SSSR count). The van der Waals surface area contributed by atoms with E-state index in [4.69, 9.17) is 4.18 Å². The number of nitrogens with zero attached hydrogens (tertiary/aromatic N) is 1. The molecule has 1 aliphatic rings. The predicted octanol–water partition coefficient (Wildman–Crippen LogP) is 2.23. The highest BCUT2D eigenvalue weighted by Gasteiger charge is 2.35. The number of amides is 1. The van der Waals surface area contributed by atoms with Crippen LogP contribution in [0.2, 0.25) is 0 Å². The molecule has 0 spiro atoms. The van der Waals surface area contributed by atoms with Gasteiger partial charge in [0.1, 0.15) is 6.61 Å². The summed E-state index contributed by atoms with van der Waals surface area (Å²) in [7, 11) is 0. The number of rotatable bonds is 1. The minimum Gasteiger partial charge on any atom is -0.271 e. The standard InChI is InChI=1S/C13H17NO3S/c1-9-6-5-7-10(13(2,3)4)12(9)14-11(15)8-17-18(14)16/h5-7H,8H2,1-4H3. The zero-order chi connectivity index (χ0) is 13.5. The van der Waals surface area contributed by atoms with Crippen LogP contribution in [0.5, 0.6) is 0 Å². The summed E-state index contributed by atoms with van der Waals surface area (Å²) < 4.78 is 18.0. The van der Waals surface area contributed by atoms with Gasteiger partial charge in [0.25, 0.3) is 17.2 Å². The van der Waals surface area contributed by atoms with Crippen LogP contribution >= 0.6 is 0 Å². The molecule has 1 heterocycles. The van der Waals surface area contributed by atoms with E-state index in [9.17, 15) is 9.00 Å². The zero-order valence-corrected chi connectivity index (χ0v) is 11.8. The molecule has 1 fully saturated rings. The molecule has 1 saturated heterocycles. The molecule has 1 aromatic carbocycles. The first-order chi connectivity index (χ1) is 8.32. The third-order valence-electron chi connectivity index (χ3n) is 2.91. The Kier molecular flexibility index (Phi) is 3.29.